The quantitative estimate of drug-likeness (QED) is 0.861. The van der Waals surface area contributed by atoms with Gasteiger partial charge in [-0.3, -0.25) is 4.98 Å². The molecule has 1 aromatic carbocycles. The van der Waals surface area contributed by atoms with Crippen LogP contribution in [0.15, 0.2) is 42.6 Å². The summed E-state index contributed by atoms with van der Waals surface area (Å²) in [5, 5.41) is 12.0. The van der Waals surface area contributed by atoms with E-state index in [1.165, 1.54) is 12.3 Å². The zero-order chi connectivity index (χ0) is 13.7. The predicted molar refractivity (Wildman–Crippen MR) is 71.5 cm³/mol. The predicted octanol–water partition coefficient (Wildman–Crippen LogP) is 2.40. The third-order valence-electron chi connectivity index (χ3n) is 2.62. The number of hydrogen-bond donors (Lipinski definition) is 2. The molecule has 0 saturated carbocycles. The summed E-state index contributed by atoms with van der Waals surface area (Å²) in [6.45, 7) is 0.521. The molecule has 1 aromatic heterocycles. The Balaban J connectivity index is 1.99. The van der Waals surface area contributed by atoms with E-state index in [2.05, 4.69) is 10.3 Å². The highest BCUT2D eigenvalue weighted by atomic mass is 16.5. The minimum atomic E-state index is -0.972. The van der Waals surface area contributed by atoms with Gasteiger partial charge in [0, 0.05) is 18.0 Å². The molecule has 5 heteroatoms. The average molecular weight is 258 g/mol. The smallest absolute Gasteiger partial charge is 0.337 e. The number of aromatic carboxylic acids is 1. The first-order valence-corrected chi connectivity index (χ1v) is 5.75. The summed E-state index contributed by atoms with van der Waals surface area (Å²) in [4.78, 5) is 14.8. The van der Waals surface area contributed by atoms with E-state index in [9.17, 15) is 4.79 Å². The van der Waals surface area contributed by atoms with Crippen molar-refractivity contribution in [2.75, 3.05) is 12.4 Å². The third-order valence-corrected chi connectivity index (χ3v) is 2.62. The Morgan fingerprint density at radius 3 is 2.84 bits per heavy atom. The monoisotopic (exact) mass is 258 g/mol. The minimum Gasteiger partial charge on any atom is -0.497 e. The summed E-state index contributed by atoms with van der Waals surface area (Å²) in [5.41, 5.74) is 1.88. The standard InChI is InChI=1S/C14H14N2O3/c1-19-13-4-2-3-11(7-13)16-9-12-6-5-10(8-15-12)14(17)18/h2-8,16H,9H2,1H3,(H,17,18). The summed E-state index contributed by atoms with van der Waals surface area (Å²) in [5.74, 6) is -0.195. The molecule has 5 nitrogen and oxygen atoms in total. The zero-order valence-electron chi connectivity index (χ0n) is 10.5. The highest BCUT2D eigenvalue weighted by Gasteiger charge is 2.03. The van der Waals surface area contributed by atoms with Gasteiger partial charge in [-0.2, -0.15) is 0 Å². The molecule has 98 valence electrons. The average Bonchev–Trinajstić information content (AvgIpc) is 2.46. The fraction of sp³-hybridized carbons (Fsp3) is 0.143. The second-order valence-electron chi connectivity index (χ2n) is 3.93. The van der Waals surface area contributed by atoms with Crippen molar-refractivity contribution in [1.29, 1.82) is 0 Å². The number of hydrogen-bond acceptors (Lipinski definition) is 4. The number of nitrogens with zero attached hydrogens (tertiary/aromatic N) is 1. The van der Waals surface area contributed by atoms with Gasteiger partial charge in [0.2, 0.25) is 0 Å². The van der Waals surface area contributed by atoms with Gasteiger partial charge in [0.25, 0.3) is 0 Å². The number of benzene rings is 1. The Bertz CT molecular complexity index is 567. The second-order valence-corrected chi connectivity index (χ2v) is 3.93. The molecule has 0 atom stereocenters. The van der Waals surface area contributed by atoms with Crippen LogP contribution in [0.5, 0.6) is 5.75 Å². The number of methoxy groups -OCH3 is 1. The summed E-state index contributed by atoms with van der Waals surface area (Å²) >= 11 is 0. The first-order chi connectivity index (χ1) is 9.19. The van der Waals surface area contributed by atoms with E-state index < -0.39 is 5.97 Å². The molecule has 0 aliphatic heterocycles. The number of carboxylic acid groups (broad SMARTS) is 1. The second kappa shape index (κ2) is 5.86. The number of rotatable bonds is 5. The van der Waals surface area contributed by atoms with Gasteiger partial charge in [-0.15, -0.1) is 0 Å². The SMILES string of the molecule is COc1cccc(NCc2ccc(C(=O)O)cn2)c1. The summed E-state index contributed by atoms with van der Waals surface area (Å²) in [6, 6.07) is 10.8. The van der Waals surface area contributed by atoms with Crippen LogP contribution >= 0.6 is 0 Å². The fourth-order valence-corrected chi connectivity index (χ4v) is 1.58. The van der Waals surface area contributed by atoms with Crippen LogP contribution in [0.3, 0.4) is 0 Å². The normalized spacial score (nSPS) is 9.95. The topological polar surface area (TPSA) is 71.5 Å². The number of carboxylic acids is 1. The maximum absolute atomic E-state index is 10.7. The molecule has 0 aliphatic carbocycles. The van der Waals surface area contributed by atoms with Gasteiger partial charge in [0.1, 0.15) is 5.75 Å². The lowest BCUT2D eigenvalue weighted by molar-refractivity contribution is 0.0696. The minimum absolute atomic E-state index is 0.185. The largest absolute Gasteiger partial charge is 0.497 e. The number of aromatic nitrogens is 1. The van der Waals surface area contributed by atoms with Crippen LogP contribution in [-0.2, 0) is 6.54 Å². The van der Waals surface area contributed by atoms with Gasteiger partial charge in [-0.05, 0) is 24.3 Å². The van der Waals surface area contributed by atoms with E-state index in [0.29, 0.717) is 6.54 Å². The van der Waals surface area contributed by atoms with Crippen LogP contribution in [0.4, 0.5) is 5.69 Å². The van der Waals surface area contributed by atoms with Crippen LogP contribution in [0.25, 0.3) is 0 Å². The Morgan fingerprint density at radius 2 is 2.21 bits per heavy atom. The summed E-state index contributed by atoms with van der Waals surface area (Å²) in [6.07, 6.45) is 1.35. The molecule has 0 aliphatic rings. The molecule has 1 heterocycles. The number of nitrogens with one attached hydrogen (secondary N) is 1. The van der Waals surface area contributed by atoms with Crippen molar-refractivity contribution in [2.24, 2.45) is 0 Å². The molecule has 0 fully saturated rings. The molecule has 0 saturated heterocycles. The van der Waals surface area contributed by atoms with E-state index in [-0.39, 0.29) is 5.56 Å². The molecule has 2 aromatic rings. The molecule has 0 amide bonds. The van der Waals surface area contributed by atoms with E-state index in [0.717, 1.165) is 17.1 Å². The Labute approximate surface area is 110 Å². The first-order valence-electron chi connectivity index (χ1n) is 5.75. The van der Waals surface area contributed by atoms with Crippen molar-refractivity contribution in [3.05, 3.63) is 53.9 Å². The van der Waals surface area contributed by atoms with Crippen LogP contribution in [0, 0.1) is 0 Å². The van der Waals surface area contributed by atoms with Crippen molar-refractivity contribution in [3.8, 4) is 5.75 Å². The lowest BCUT2D eigenvalue weighted by Gasteiger charge is -2.07. The molecular formula is C14H14N2O3. The van der Waals surface area contributed by atoms with Crippen LogP contribution in [0.2, 0.25) is 0 Å². The number of pyridine rings is 1. The number of ether oxygens (including phenoxy) is 1. The van der Waals surface area contributed by atoms with Crippen molar-refractivity contribution in [2.45, 2.75) is 6.54 Å². The van der Waals surface area contributed by atoms with Crippen molar-refractivity contribution >= 4 is 11.7 Å². The summed E-state index contributed by atoms with van der Waals surface area (Å²) in [7, 11) is 1.62. The maximum atomic E-state index is 10.7. The van der Waals surface area contributed by atoms with Crippen molar-refractivity contribution < 1.29 is 14.6 Å². The Hall–Kier alpha value is -2.56. The number of carbonyl (C=O) groups is 1. The van der Waals surface area contributed by atoms with Gasteiger partial charge in [0.05, 0.1) is 24.9 Å². The van der Waals surface area contributed by atoms with Crippen LogP contribution in [-0.4, -0.2) is 23.2 Å². The molecule has 19 heavy (non-hydrogen) atoms. The van der Waals surface area contributed by atoms with E-state index in [1.54, 1.807) is 13.2 Å². The number of anilines is 1. The van der Waals surface area contributed by atoms with Gasteiger partial charge < -0.3 is 15.2 Å². The lowest BCUT2D eigenvalue weighted by atomic mass is 10.2. The highest BCUT2D eigenvalue weighted by molar-refractivity contribution is 5.87. The molecule has 0 bridgehead atoms. The molecule has 2 rings (SSSR count). The highest BCUT2D eigenvalue weighted by Crippen LogP contribution is 2.17. The van der Waals surface area contributed by atoms with Crippen LogP contribution < -0.4 is 10.1 Å². The fourth-order valence-electron chi connectivity index (χ4n) is 1.58. The Morgan fingerprint density at radius 1 is 1.37 bits per heavy atom. The van der Waals surface area contributed by atoms with Crippen molar-refractivity contribution in [1.82, 2.24) is 4.98 Å². The van der Waals surface area contributed by atoms with Gasteiger partial charge in [0.15, 0.2) is 0 Å². The first kappa shape index (κ1) is 12.9. The third kappa shape index (κ3) is 3.45. The van der Waals surface area contributed by atoms with E-state index in [4.69, 9.17) is 9.84 Å². The zero-order valence-corrected chi connectivity index (χ0v) is 10.5. The molecule has 0 unspecified atom stereocenters. The van der Waals surface area contributed by atoms with Crippen LogP contribution in [0.1, 0.15) is 16.1 Å². The van der Waals surface area contributed by atoms with Gasteiger partial charge in [-0.25, -0.2) is 4.79 Å². The lowest BCUT2D eigenvalue weighted by Crippen LogP contribution is -2.03. The summed E-state index contributed by atoms with van der Waals surface area (Å²) < 4.78 is 5.13. The Kier molecular flexibility index (Phi) is 3.97. The van der Waals surface area contributed by atoms with Gasteiger partial charge in [-0.1, -0.05) is 6.07 Å². The van der Waals surface area contributed by atoms with E-state index >= 15 is 0 Å². The molecule has 2 N–H and O–H groups in total. The maximum Gasteiger partial charge on any atom is 0.337 e. The molecule has 0 spiro atoms. The van der Waals surface area contributed by atoms with Crippen molar-refractivity contribution in [3.63, 3.8) is 0 Å². The molecular weight excluding hydrogens is 244 g/mol. The van der Waals surface area contributed by atoms with E-state index in [1.807, 2.05) is 24.3 Å². The van der Waals surface area contributed by atoms with Gasteiger partial charge >= 0.3 is 5.97 Å². The molecule has 0 radical (unpaired) electrons.